The Balaban J connectivity index is 1.58. The molecule has 0 aromatic heterocycles. The summed E-state index contributed by atoms with van der Waals surface area (Å²) in [6.45, 7) is 2.57. The molecule has 7 nitrogen and oxygen atoms in total. The maximum absolute atomic E-state index is 12.6. The lowest BCUT2D eigenvalue weighted by Crippen LogP contribution is -2.51. The van der Waals surface area contributed by atoms with E-state index in [1.54, 1.807) is 17.0 Å². The average Bonchev–Trinajstić information content (AvgIpc) is 3.10. The molecule has 0 aliphatic carbocycles. The molecule has 2 heterocycles. The van der Waals surface area contributed by atoms with E-state index in [2.05, 4.69) is 23.9 Å². The first-order valence-electron chi connectivity index (χ1n) is 9.95. The summed E-state index contributed by atoms with van der Waals surface area (Å²) in [5, 5.41) is 2.64. The van der Waals surface area contributed by atoms with Gasteiger partial charge in [0.2, 0.25) is 0 Å². The summed E-state index contributed by atoms with van der Waals surface area (Å²) in [5.74, 6) is 0.260. The van der Waals surface area contributed by atoms with Gasteiger partial charge in [-0.25, -0.2) is 9.59 Å². The number of hydrogen-bond donors (Lipinski definition) is 1. The van der Waals surface area contributed by atoms with E-state index < -0.39 is 6.61 Å². The number of urea groups is 1. The van der Waals surface area contributed by atoms with Crippen LogP contribution in [0.2, 0.25) is 0 Å². The average molecular weight is 411 g/mol. The number of anilines is 1. The van der Waals surface area contributed by atoms with Crippen LogP contribution in [-0.4, -0.2) is 60.3 Å². The highest BCUT2D eigenvalue weighted by Gasteiger charge is 2.41. The van der Waals surface area contributed by atoms with Gasteiger partial charge in [0.05, 0.1) is 11.7 Å². The Bertz CT molecular complexity index is 725. The van der Waals surface area contributed by atoms with Crippen molar-refractivity contribution in [3.8, 4) is 5.75 Å². The van der Waals surface area contributed by atoms with Gasteiger partial charge in [-0.1, -0.05) is 32.4 Å². The minimum absolute atomic E-state index is 0.0301. The molecule has 1 aromatic carbocycles. The Labute approximate surface area is 168 Å². The summed E-state index contributed by atoms with van der Waals surface area (Å²) in [5.41, 5.74) is 0.194. The third kappa shape index (κ3) is 4.89. The molecule has 0 spiro atoms. The van der Waals surface area contributed by atoms with E-state index >= 15 is 0 Å². The van der Waals surface area contributed by atoms with Crippen LogP contribution in [0.15, 0.2) is 24.3 Å². The number of para-hydroxylation sites is 2. The van der Waals surface area contributed by atoms with Crippen LogP contribution in [0.3, 0.4) is 0 Å². The second kappa shape index (κ2) is 9.28. The standard InChI is InChI=1S/C20H27F2N3O4/c1-3-13(2)16-12-28-20(27)25(16)14-8-10-24(11-9-14)19(26)23-15-6-4-5-7-17(15)29-18(21)22/h4-7,13-14,16,18H,3,8-12H2,1-2H3,(H,23,26). The second-order valence-electron chi connectivity index (χ2n) is 7.46. The summed E-state index contributed by atoms with van der Waals surface area (Å²) in [6.07, 6.45) is 1.96. The number of hydrogen-bond acceptors (Lipinski definition) is 4. The molecular formula is C20H27F2N3O4. The molecule has 3 rings (SSSR count). The number of nitrogens with one attached hydrogen (secondary N) is 1. The van der Waals surface area contributed by atoms with Crippen molar-refractivity contribution in [3.05, 3.63) is 24.3 Å². The van der Waals surface area contributed by atoms with Crippen LogP contribution in [0.4, 0.5) is 24.1 Å². The number of benzene rings is 1. The molecule has 2 fully saturated rings. The van der Waals surface area contributed by atoms with Crippen LogP contribution in [0, 0.1) is 5.92 Å². The highest BCUT2D eigenvalue weighted by atomic mass is 19.3. The lowest BCUT2D eigenvalue weighted by molar-refractivity contribution is -0.0493. The molecule has 2 aliphatic heterocycles. The number of alkyl halides is 2. The monoisotopic (exact) mass is 411 g/mol. The number of halogens is 2. The number of cyclic esters (lactones) is 1. The van der Waals surface area contributed by atoms with Crippen molar-refractivity contribution in [1.29, 1.82) is 0 Å². The number of nitrogens with zero attached hydrogens (tertiary/aromatic N) is 2. The van der Waals surface area contributed by atoms with Crippen LogP contribution in [0.1, 0.15) is 33.1 Å². The topological polar surface area (TPSA) is 71.1 Å². The van der Waals surface area contributed by atoms with Crippen LogP contribution in [0.25, 0.3) is 0 Å². The first-order chi connectivity index (χ1) is 13.9. The minimum atomic E-state index is -2.97. The zero-order valence-corrected chi connectivity index (χ0v) is 16.6. The highest BCUT2D eigenvalue weighted by molar-refractivity contribution is 5.91. The lowest BCUT2D eigenvalue weighted by atomic mass is 9.95. The van der Waals surface area contributed by atoms with Crippen molar-refractivity contribution in [1.82, 2.24) is 9.80 Å². The van der Waals surface area contributed by atoms with Crippen molar-refractivity contribution in [2.75, 3.05) is 25.0 Å². The van der Waals surface area contributed by atoms with Gasteiger partial charge >= 0.3 is 18.7 Å². The summed E-state index contributed by atoms with van der Waals surface area (Å²) in [7, 11) is 0. The molecule has 160 valence electrons. The number of carbonyl (C=O) groups excluding carboxylic acids is 2. The Morgan fingerprint density at radius 2 is 2.00 bits per heavy atom. The lowest BCUT2D eigenvalue weighted by Gasteiger charge is -2.39. The van der Waals surface area contributed by atoms with E-state index in [1.165, 1.54) is 12.1 Å². The van der Waals surface area contributed by atoms with Gasteiger partial charge in [0.25, 0.3) is 0 Å². The molecule has 0 radical (unpaired) electrons. The van der Waals surface area contributed by atoms with E-state index in [0.717, 1.165) is 6.42 Å². The summed E-state index contributed by atoms with van der Waals surface area (Å²) in [4.78, 5) is 28.3. The fourth-order valence-corrected chi connectivity index (χ4v) is 3.89. The number of rotatable bonds is 6. The van der Waals surface area contributed by atoms with E-state index in [4.69, 9.17) is 4.74 Å². The van der Waals surface area contributed by atoms with Crippen molar-refractivity contribution in [2.45, 2.75) is 51.8 Å². The van der Waals surface area contributed by atoms with Crippen LogP contribution in [0.5, 0.6) is 5.75 Å². The molecule has 3 amide bonds. The maximum Gasteiger partial charge on any atom is 0.410 e. The van der Waals surface area contributed by atoms with Gasteiger partial charge in [-0.05, 0) is 30.9 Å². The number of carbonyl (C=O) groups is 2. The normalized spacial score (nSPS) is 21.3. The van der Waals surface area contributed by atoms with Crippen molar-refractivity contribution >= 4 is 17.8 Å². The van der Waals surface area contributed by atoms with Gasteiger partial charge in [-0.3, -0.25) is 4.90 Å². The van der Waals surface area contributed by atoms with Gasteiger partial charge in [-0.15, -0.1) is 0 Å². The van der Waals surface area contributed by atoms with Crippen molar-refractivity contribution in [3.63, 3.8) is 0 Å². The van der Waals surface area contributed by atoms with Gasteiger partial charge in [0.15, 0.2) is 0 Å². The van der Waals surface area contributed by atoms with Crippen LogP contribution in [-0.2, 0) is 4.74 Å². The van der Waals surface area contributed by atoms with E-state index in [9.17, 15) is 18.4 Å². The Morgan fingerprint density at radius 1 is 1.31 bits per heavy atom. The third-order valence-corrected chi connectivity index (χ3v) is 5.74. The van der Waals surface area contributed by atoms with E-state index in [0.29, 0.717) is 38.5 Å². The minimum Gasteiger partial charge on any atom is -0.447 e. The molecule has 1 aromatic rings. The number of ether oxygens (including phenoxy) is 2. The number of likely N-dealkylation sites (tertiary alicyclic amines) is 1. The predicted octanol–water partition coefficient (Wildman–Crippen LogP) is 4.15. The smallest absolute Gasteiger partial charge is 0.410 e. The SMILES string of the molecule is CCC(C)C1COC(=O)N1C1CCN(C(=O)Nc2ccccc2OC(F)F)CC1. The predicted molar refractivity (Wildman–Crippen MR) is 103 cm³/mol. The Morgan fingerprint density at radius 3 is 2.66 bits per heavy atom. The van der Waals surface area contributed by atoms with Gasteiger partial charge in [-0.2, -0.15) is 8.78 Å². The molecule has 1 N–H and O–H groups in total. The van der Waals surface area contributed by atoms with Crippen molar-refractivity contribution < 1.29 is 27.8 Å². The first-order valence-corrected chi connectivity index (χ1v) is 9.95. The largest absolute Gasteiger partial charge is 0.447 e. The van der Waals surface area contributed by atoms with Crippen LogP contribution < -0.4 is 10.1 Å². The van der Waals surface area contributed by atoms with E-state index in [-0.39, 0.29) is 35.6 Å². The summed E-state index contributed by atoms with van der Waals surface area (Å²) in [6, 6.07) is 5.80. The molecule has 2 unspecified atom stereocenters. The molecule has 0 saturated carbocycles. The number of piperidine rings is 1. The summed E-state index contributed by atoms with van der Waals surface area (Å²) >= 11 is 0. The molecule has 29 heavy (non-hydrogen) atoms. The van der Waals surface area contributed by atoms with Gasteiger partial charge in [0, 0.05) is 19.1 Å². The van der Waals surface area contributed by atoms with Gasteiger partial charge in [0.1, 0.15) is 12.4 Å². The highest BCUT2D eigenvalue weighted by Crippen LogP contribution is 2.30. The first kappa shape index (κ1) is 21.1. The fourth-order valence-electron chi connectivity index (χ4n) is 3.89. The molecule has 9 heteroatoms. The molecule has 0 bridgehead atoms. The Kier molecular flexibility index (Phi) is 6.76. The Hall–Kier alpha value is -2.58. The van der Waals surface area contributed by atoms with E-state index in [1.807, 2.05) is 4.90 Å². The molecule has 2 atom stereocenters. The molecular weight excluding hydrogens is 384 g/mol. The zero-order chi connectivity index (χ0) is 21.0. The second-order valence-corrected chi connectivity index (χ2v) is 7.46. The fraction of sp³-hybridized carbons (Fsp3) is 0.600. The zero-order valence-electron chi connectivity index (χ0n) is 16.6. The van der Waals surface area contributed by atoms with Crippen LogP contribution >= 0.6 is 0 Å². The molecule has 2 aliphatic rings. The van der Waals surface area contributed by atoms with Crippen molar-refractivity contribution in [2.24, 2.45) is 5.92 Å². The molecule has 2 saturated heterocycles. The van der Waals surface area contributed by atoms with Gasteiger partial charge < -0.3 is 19.7 Å². The quantitative estimate of drug-likeness (QED) is 0.763. The maximum atomic E-state index is 12.6. The number of amides is 3. The summed E-state index contributed by atoms with van der Waals surface area (Å²) < 4.78 is 34.8. The third-order valence-electron chi connectivity index (χ3n) is 5.74.